The molecule has 0 bridgehead atoms. The molecule has 1 saturated heterocycles. The fourth-order valence-electron chi connectivity index (χ4n) is 2.61. The van der Waals surface area contributed by atoms with Gasteiger partial charge in [-0.05, 0) is 38.5 Å². The Kier molecular flexibility index (Phi) is 2.91. The standard InChI is InChI=1S/C12H19NO3/c1-2-9-5-3-4-8-13(9)10(14)12(6-7-12)11(15)16/h9H,2-8H2,1H3,(H,15,16). The topological polar surface area (TPSA) is 57.6 Å². The Morgan fingerprint density at radius 1 is 1.38 bits per heavy atom. The lowest BCUT2D eigenvalue weighted by molar-refractivity contribution is -0.155. The van der Waals surface area contributed by atoms with Crippen molar-refractivity contribution in [2.45, 2.75) is 51.5 Å². The summed E-state index contributed by atoms with van der Waals surface area (Å²) in [6.07, 6.45) is 5.17. The third kappa shape index (κ3) is 1.70. The summed E-state index contributed by atoms with van der Waals surface area (Å²) in [7, 11) is 0. The van der Waals surface area contributed by atoms with Gasteiger partial charge in [0.25, 0.3) is 0 Å². The fourth-order valence-corrected chi connectivity index (χ4v) is 2.61. The Bertz CT molecular complexity index is 309. The van der Waals surface area contributed by atoms with Crippen LogP contribution in [0.5, 0.6) is 0 Å². The number of hydrogen-bond acceptors (Lipinski definition) is 2. The highest BCUT2D eigenvalue weighted by Crippen LogP contribution is 2.48. The molecule has 16 heavy (non-hydrogen) atoms. The van der Waals surface area contributed by atoms with Crippen LogP contribution in [0.4, 0.5) is 0 Å². The van der Waals surface area contributed by atoms with Crippen LogP contribution < -0.4 is 0 Å². The van der Waals surface area contributed by atoms with Gasteiger partial charge in [0.1, 0.15) is 5.41 Å². The smallest absolute Gasteiger partial charge is 0.319 e. The molecule has 1 atom stereocenters. The maximum absolute atomic E-state index is 12.2. The Labute approximate surface area is 95.6 Å². The number of carboxylic acid groups (broad SMARTS) is 1. The van der Waals surface area contributed by atoms with Gasteiger partial charge in [-0.1, -0.05) is 6.92 Å². The van der Waals surface area contributed by atoms with Gasteiger partial charge in [0.15, 0.2) is 0 Å². The van der Waals surface area contributed by atoms with E-state index in [-0.39, 0.29) is 11.9 Å². The van der Waals surface area contributed by atoms with Crippen LogP contribution in [0, 0.1) is 5.41 Å². The van der Waals surface area contributed by atoms with E-state index >= 15 is 0 Å². The number of aliphatic carboxylic acids is 1. The number of carbonyl (C=O) groups excluding carboxylic acids is 1. The molecule has 1 amide bonds. The van der Waals surface area contributed by atoms with Crippen molar-refractivity contribution in [2.75, 3.05) is 6.54 Å². The molecule has 2 aliphatic rings. The quantitative estimate of drug-likeness (QED) is 0.743. The van der Waals surface area contributed by atoms with Crippen LogP contribution >= 0.6 is 0 Å². The Hall–Kier alpha value is -1.06. The number of carbonyl (C=O) groups is 2. The average molecular weight is 225 g/mol. The molecule has 1 aliphatic carbocycles. The second kappa shape index (κ2) is 4.07. The van der Waals surface area contributed by atoms with Crippen LogP contribution in [-0.4, -0.2) is 34.5 Å². The van der Waals surface area contributed by atoms with Gasteiger partial charge in [0.2, 0.25) is 5.91 Å². The normalized spacial score (nSPS) is 27.6. The minimum Gasteiger partial charge on any atom is -0.480 e. The van der Waals surface area contributed by atoms with Gasteiger partial charge in [0.05, 0.1) is 0 Å². The second-order valence-electron chi connectivity index (χ2n) is 4.94. The molecule has 0 aromatic rings. The first-order chi connectivity index (χ1) is 7.62. The van der Waals surface area contributed by atoms with Crippen molar-refractivity contribution in [3.63, 3.8) is 0 Å². The molecule has 4 heteroatoms. The molecule has 1 aliphatic heterocycles. The molecule has 1 unspecified atom stereocenters. The predicted octanol–water partition coefficient (Wildman–Crippen LogP) is 1.64. The lowest BCUT2D eigenvalue weighted by atomic mass is 9.96. The van der Waals surface area contributed by atoms with Crippen molar-refractivity contribution < 1.29 is 14.7 Å². The molecule has 0 aromatic heterocycles. The third-order valence-corrected chi connectivity index (χ3v) is 3.93. The highest BCUT2D eigenvalue weighted by Gasteiger charge is 2.59. The molecule has 1 N–H and O–H groups in total. The van der Waals surface area contributed by atoms with Crippen LogP contribution in [0.25, 0.3) is 0 Å². The molecular formula is C12H19NO3. The van der Waals surface area contributed by atoms with Gasteiger partial charge < -0.3 is 10.0 Å². The van der Waals surface area contributed by atoms with E-state index in [9.17, 15) is 9.59 Å². The lowest BCUT2D eigenvalue weighted by Gasteiger charge is -2.36. The number of hydrogen-bond donors (Lipinski definition) is 1. The summed E-state index contributed by atoms with van der Waals surface area (Å²) in [6.45, 7) is 2.81. The van der Waals surface area contributed by atoms with E-state index < -0.39 is 11.4 Å². The molecule has 90 valence electrons. The van der Waals surface area contributed by atoms with Gasteiger partial charge in [-0.2, -0.15) is 0 Å². The number of nitrogens with zero attached hydrogens (tertiary/aromatic N) is 1. The van der Waals surface area contributed by atoms with Gasteiger partial charge in [-0.3, -0.25) is 9.59 Å². The third-order valence-electron chi connectivity index (χ3n) is 3.93. The molecule has 2 fully saturated rings. The van der Waals surface area contributed by atoms with Crippen LogP contribution in [0.2, 0.25) is 0 Å². The van der Waals surface area contributed by atoms with Crippen molar-refractivity contribution in [1.82, 2.24) is 4.90 Å². The van der Waals surface area contributed by atoms with E-state index in [0.29, 0.717) is 12.8 Å². The zero-order valence-electron chi connectivity index (χ0n) is 9.74. The molecule has 0 aromatic carbocycles. The predicted molar refractivity (Wildman–Crippen MR) is 58.9 cm³/mol. The maximum atomic E-state index is 12.2. The zero-order chi connectivity index (χ0) is 11.8. The summed E-state index contributed by atoms with van der Waals surface area (Å²) < 4.78 is 0. The summed E-state index contributed by atoms with van der Waals surface area (Å²) in [4.78, 5) is 25.2. The monoisotopic (exact) mass is 225 g/mol. The Morgan fingerprint density at radius 2 is 2.06 bits per heavy atom. The molecule has 1 saturated carbocycles. The minimum atomic E-state index is -1.05. The molecule has 0 radical (unpaired) electrons. The first kappa shape index (κ1) is 11.4. The number of rotatable bonds is 3. The highest BCUT2D eigenvalue weighted by molar-refractivity contribution is 6.04. The number of piperidine rings is 1. The number of amides is 1. The van der Waals surface area contributed by atoms with Crippen LogP contribution in [0.15, 0.2) is 0 Å². The van der Waals surface area contributed by atoms with Crippen molar-refractivity contribution in [3.05, 3.63) is 0 Å². The molecule has 0 spiro atoms. The molecule has 4 nitrogen and oxygen atoms in total. The maximum Gasteiger partial charge on any atom is 0.319 e. The van der Waals surface area contributed by atoms with Gasteiger partial charge in [-0.15, -0.1) is 0 Å². The van der Waals surface area contributed by atoms with E-state index in [0.717, 1.165) is 32.2 Å². The first-order valence-electron chi connectivity index (χ1n) is 6.16. The summed E-state index contributed by atoms with van der Waals surface area (Å²) in [5.41, 5.74) is -1.05. The molecule has 2 rings (SSSR count). The van der Waals surface area contributed by atoms with E-state index in [1.165, 1.54) is 0 Å². The van der Waals surface area contributed by atoms with E-state index in [2.05, 4.69) is 6.92 Å². The van der Waals surface area contributed by atoms with Gasteiger partial charge >= 0.3 is 5.97 Å². The Morgan fingerprint density at radius 3 is 2.56 bits per heavy atom. The summed E-state index contributed by atoms with van der Waals surface area (Å²) in [6, 6.07) is 0.262. The second-order valence-corrected chi connectivity index (χ2v) is 4.94. The average Bonchev–Trinajstić information content (AvgIpc) is 3.09. The van der Waals surface area contributed by atoms with Crippen molar-refractivity contribution >= 4 is 11.9 Å². The first-order valence-corrected chi connectivity index (χ1v) is 6.16. The summed E-state index contributed by atoms with van der Waals surface area (Å²) >= 11 is 0. The SMILES string of the molecule is CCC1CCCCN1C(=O)C1(C(=O)O)CC1. The molecule has 1 heterocycles. The molecular weight excluding hydrogens is 206 g/mol. The van der Waals surface area contributed by atoms with Crippen LogP contribution in [-0.2, 0) is 9.59 Å². The number of carboxylic acids is 1. The van der Waals surface area contributed by atoms with Crippen molar-refractivity contribution in [1.29, 1.82) is 0 Å². The summed E-state index contributed by atoms with van der Waals surface area (Å²) in [5, 5.41) is 9.12. The van der Waals surface area contributed by atoms with Crippen molar-refractivity contribution in [2.24, 2.45) is 5.41 Å². The number of likely N-dealkylation sites (tertiary alicyclic amines) is 1. The van der Waals surface area contributed by atoms with Crippen LogP contribution in [0.1, 0.15) is 45.4 Å². The Balaban J connectivity index is 2.11. The van der Waals surface area contributed by atoms with Crippen LogP contribution in [0.3, 0.4) is 0 Å². The highest BCUT2D eigenvalue weighted by atomic mass is 16.4. The van der Waals surface area contributed by atoms with E-state index in [1.54, 1.807) is 0 Å². The van der Waals surface area contributed by atoms with Gasteiger partial charge in [-0.25, -0.2) is 0 Å². The van der Waals surface area contributed by atoms with Gasteiger partial charge in [0, 0.05) is 12.6 Å². The van der Waals surface area contributed by atoms with E-state index in [4.69, 9.17) is 5.11 Å². The van der Waals surface area contributed by atoms with E-state index in [1.807, 2.05) is 4.90 Å². The lowest BCUT2D eigenvalue weighted by Crippen LogP contribution is -2.48. The van der Waals surface area contributed by atoms with Crippen molar-refractivity contribution in [3.8, 4) is 0 Å². The largest absolute Gasteiger partial charge is 0.480 e. The minimum absolute atomic E-state index is 0.133. The summed E-state index contributed by atoms with van der Waals surface area (Å²) in [5.74, 6) is -1.07. The fraction of sp³-hybridized carbons (Fsp3) is 0.833. The zero-order valence-corrected chi connectivity index (χ0v) is 9.74.